The van der Waals surface area contributed by atoms with Crippen LogP contribution in [0.25, 0.3) is 0 Å². The van der Waals surface area contributed by atoms with Crippen molar-refractivity contribution in [1.29, 1.82) is 0 Å². The van der Waals surface area contributed by atoms with Crippen LogP contribution in [0.15, 0.2) is 18.2 Å². The van der Waals surface area contributed by atoms with Crippen LogP contribution in [0.4, 0.5) is 0 Å². The van der Waals surface area contributed by atoms with Crippen molar-refractivity contribution in [3.05, 3.63) is 23.8 Å². The smallest absolute Gasteiger partial charge is 0.127 e. The lowest BCUT2D eigenvalue weighted by Gasteiger charge is -2.36. The minimum atomic E-state index is 0.123. The molecule has 0 aliphatic rings. The van der Waals surface area contributed by atoms with Crippen LogP contribution < -0.4 is 14.8 Å². The van der Waals surface area contributed by atoms with Crippen LogP contribution in [0.5, 0.6) is 11.5 Å². The summed E-state index contributed by atoms with van der Waals surface area (Å²) in [6, 6.07) is 6.15. The van der Waals surface area contributed by atoms with Gasteiger partial charge in [0.1, 0.15) is 11.5 Å². The van der Waals surface area contributed by atoms with Crippen molar-refractivity contribution in [2.24, 2.45) is 5.41 Å². The first kappa shape index (κ1) is 15.8. The zero-order chi connectivity index (χ0) is 14.5. The molecule has 1 aromatic carbocycles. The molecule has 0 fully saturated rings. The molecule has 1 aromatic rings. The van der Waals surface area contributed by atoms with Gasteiger partial charge in [0.15, 0.2) is 0 Å². The van der Waals surface area contributed by atoms with Crippen molar-refractivity contribution in [3.8, 4) is 11.5 Å². The highest BCUT2D eigenvalue weighted by Crippen LogP contribution is 2.44. The summed E-state index contributed by atoms with van der Waals surface area (Å²) in [5.41, 5.74) is 1.24. The van der Waals surface area contributed by atoms with Crippen LogP contribution in [-0.4, -0.2) is 20.8 Å². The summed E-state index contributed by atoms with van der Waals surface area (Å²) in [4.78, 5) is 0. The van der Waals surface area contributed by atoms with E-state index in [-0.39, 0.29) is 11.5 Å². The van der Waals surface area contributed by atoms with Crippen LogP contribution in [0.3, 0.4) is 0 Å². The van der Waals surface area contributed by atoms with E-state index in [1.165, 1.54) is 0 Å². The molecule has 1 unspecified atom stereocenters. The average Bonchev–Trinajstić information content (AvgIpc) is 2.43. The van der Waals surface area contributed by atoms with E-state index in [9.17, 15) is 0 Å². The van der Waals surface area contributed by atoms with Gasteiger partial charge >= 0.3 is 0 Å². The second-order valence-corrected chi connectivity index (χ2v) is 5.41. The van der Waals surface area contributed by atoms with Crippen LogP contribution in [-0.2, 0) is 0 Å². The maximum absolute atomic E-state index is 5.53. The van der Waals surface area contributed by atoms with Gasteiger partial charge in [-0.1, -0.05) is 33.8 Å². The van der Waals surface area contributed by atoms with Gasteiger partial charge in [0.25, 0.3) is 0 Å². The normalized spacial score (nSPS) is 13.2. The Morgan fingerprint density at radius 3 is 2.00 bits per heavy atom. The van der Waals surface area contributed by atoms with Crippen molar-refractivity contribution in [2.75, 3.05) is 20.8 Å². The van der Waals surface area contributed by atoms with Crippen LogP contribution >= 0.6 is 0 Å². The fraction of sp³-hybridized carbons (Fsp3) is 0.625. The van der Waals surface area contributed by atoms with Gasteiger partial charge in [-0.3, -0.25) is 0 Å². The minimum Gasteiger partial charge on any atom is -0.496 e. The molecule has 0 radical (unpaired) electrons. The molecule has 19 heavy (non-hydrogen) atoms. The van der Waals surface area contributed by atoms with Crippen molar-refractivity contribution < 1.29 is 9.47 Å². The number of hydrogen-bond acceptors (Lipinski definition) is 3. The Morgan fingerprint density at radius 1 is 1.11 bits per heavy atom. The lowest BCUT2D eigenvalue weighted by atomic mass is 9.77. The zero-order valence-electron chi connectivity index (χ0n) is 13.0. The monoisotopic (exact) mass is 265 g/mol. The fourth-order valence-electron chi connectivity index (χ4n) is 2.34. The second kappa shape index (κ2) is 6.80. The quantitative estimate of drug-likeness (QED) is 0.813. The molecule has 0 bridgehead atoms. The number of nitrogens with one attached hydrogen (secondary N) is 1. The molecule has 0 heterocycles. The molecule has 1 atom stereocenters. The Bertz CT molecular complexity index is 379. The van der Waals surface area contributed by atoms with Gasteiger partial charge in [-0.25, -0.2) is 0 Å². The van der Waals surface area contributed by atoms with E-state index in [0.29, 0.717) is 0 Å². The van der Waals surface area contributed by atoms with Crippen molar-refractivity contribution in [1.82, 2.24) is 5.32 Å². The molecule has 0 aliphatic carbocycles. The molecule has 1 rings (SSSR count). The number of ether oxygens (including phenoxy) is 2. The maximum Gasteiger partial charge on any atom is 0.127 e. The number of hydrogen-bond donors (Lipinski definition) is 1. The third kappa shape index (κ3) is 3.41. The predicted octanol–water partition coefficient (Wildman–Crippen LogP) is 3.79. The summed E-state index contributed by atoms with van der Waals surface area (Å²) in [7, 11) is 3.42. The first-order valence-electron chi connectivity index (χ1n) is 6.96. The van der Waals surface area contributed by atoms with E-state index in [1.807, 2.05) is 18.2 Å². The highest BCUT2D eigenvalue weighted by Gasteiger charge is 2.32. The first-order chi connectivity index (χ1) is 9.01. The van der Waals surface area contributed by atoms with E-state index in [2.05, 4.69) is 33.0 Å². The van der Waals surface area contributed by atoms with E-state index < -0.39 is 0 Å². The highest BCUT2D eigenvalue weighted by molar-refractivity contribution is 5.47. The molecule has 0 spiro atoms. The van der Waals surface area contributed by atoms with E-state index >= 15 is 0 Å². The van der Waals surface area contributed by atoms with Crippen molar-refractivity contribution >= 4 is 0 Å². The standard InChI is InChI=1S/C16H27NO2/c1-7-16(3,4)15(17-8-2)14-12(18-5)10-9-11-13(14)19-6/h9-11,15,17H,7-8H2,1-6H3. The molecule has 1 N–H and O–H groups in total. The van der Waals surface area contributed by atoms with Crippen LogP contribution in [0.2, 0.25) is 0 Å². The Morgan fingerprint density at radius 2 is 1.63 bits per heavy atom. The van der Waals surface area contributed by atoms with Gasteiger partial charge in [-0.2, -0.15) is 0 Å². The molecule has 0 aliphatic heterocycles. The number of benzene rings is 1. The van der Waals surface area contributed by atoms with Gasteiger partial charge < -0.3 is 14.8 Å². The first-order valence-corrected chi connectivity index (χ1v) is 6.96. The maximum atomic E-state index is 5.53. The number of rotatable bonds is 7. The lowest BCUT2D eigenvalue weighted by Crippen LogP contribution is -2.34. The summed E-state index contributed by atoms with van der Waals surface area (Å²) in [5.74, 6) is 1.76. The molecule has 0 aromatic heterocycles. The molecule has 108 valence electrons. The Balaban J connectivity index is 3.36. The summed E-state index contributed by atoms with van der Waals surface area (Å²) >= 11 is 0. The molecular formula is C16H27NO2. The van der Waals surface area contributed by atoms with Crippen LogP contribution in [0.1, 0.15) is 45.7 Å². The molecule has 0 saturated heterocycles. The lowest BCUT2D eigenvalue weighted by molar-refractivity contribution is 0.226. The zero-order valence-corrected chi connectivity index (χ0v) is 13.0. The third-order valence-corrected chi connectivity index (χ3v) is 3.86. The average molecular weight is 265 g/mol. The van der Waals surface area contributed by atoms with Crippen LogP contribution in [0, 0.1) is 5.41 Å². The Labute approximate surface area is 117 Å². The van der Waals surface area contributed by atoms with Crippen molar-refractivity contribution in [3.63, 3.8) is 0 Å². The van der Waals surface area contributed by atoms with Gasteiger partial charge in [-0.15, -0.1) is 0 Å². The van der Waals surface area contributed by atoms with E-state index in [0.717, 1.165) is 30.0 Å². The summed E-state index contributed by atoms with van der Waals surface area (Å²) in [5, 5.41) is 3.58. The SMILES string of the molecule is CCNC(c1c(OC)cccc1OC)C(C)(C)CC. The fourth-order valence-corrected chi connectivity index (χ4v) is 2.34. The minimum absolute atomic E-state index is 0.123. The topological polar surface area (TPSA) is 30.5 Å². The summed E-state index contributed by atoms with van der Waals surface area (Å²) in [6.45, 7) is 9.79. The molecule has 0 saturated carbocycles. The van der Waals surface area contributed by atoms with Gasteiger partial charge in [0, 0.05) is 6.04 Å². The number of methoxy groups -OCH3 is 2. The Hall–Kier alpha value is -1.22. The van der Waals surface area contributed by atoms with E-state index in [4.69, 9.17) is 9.47 Å². The summed E-state index contributed by atoms with van der Waals surface area (Å²) in [6.07, 6.45) is 1.08. The highest BCUT2D eigenvalue weighted by atomic mass is 16.5. The Kier molecular flexibility index (Phi) is 5.67. The molecule has 3 nitrogen and oxygen atoms in total. The second-order valence-electron chi connectivity index (χ2n) is 5.41. The third-order valence-electron chi connectivity index (χ3n) is 3.86. The van der Waals surface area contributed by atoms with Gasteiger partial charge in [-0.05, 0) is 30.5 Å². The van der Waals surface area contributed by atoms with Gasteiger partial charge in [0.05, 0.1) is 19.8 Å². The van der Waals surface area contributed by atoms with Crippen molar-refractivity contribution in [2.45, 2.75) is 40.2 Å². The summed E-state index contributed by atoms with van der Waals surface area (Å²) < 4.78 is 11.1. The van der Waals surface area contributed by atoms with Gasteiger partial charge in [0.2, 0.25) is 0 Å². The van der Waals surface area contributed by atoms with E-state index in [1.54, 1.807) is 14.2 Å². The molecule has 3 heteroatoms. The molecule has 0 amide bonds. The molecular weight excluding hydrogens is 238 g/mol. The largest absolute Gasteiger partial charge is 0.496 e. The predicted molar refractivity (Wildman–Crippen MR) is 80.0 cm³/mol.